The standard InChI is InChI=1S/C26H35F3N6O3/c1-17(18-6-8-19(9-7-18)26(27,28)29)30-23-31-21-10-11-33(24(37)38-25(2,3)4)16-20(21)22(36)35(23)34-14-12-32(5)13-15-34/h6-9,17H,10-16H2,1-5H3,(H,30,31)/t17-/m0/s1. The van der Waals surface area contributed by atoms with Gasteiger partial charge in [-0.15, -0.1) is 0 Å². The zero-order valence-electron chi connectivity index (χ0n) is 22.4. The summed E-state index contributed by atoms with van der Waals surface area (Å²) in [6.45, 7) is 10.3. The van der Waals surface area contributed by atoms with E-state index in [2.05, 4.69) is 10.2 Å². The molecule has 2 aliphatic rings. The first-order chi connectivity index (χ1) is 17.7. The maximum atomic E-state index is 13.9. The first-order valence-corrected chi connectivity index (χ1v) is 12.7. The highest BCUT2D eigenvalue weighted by atomic mass is 19.4. The summed E-state index contributed by atoms with van der Waals surface area (Å²) in [6, 6.07) is 4.54. The molecule has 1 N–H and O–H groups in total. The van der Waals surface area contributed by atoms with Gasteiger partial charge in [0.05, 0.1) is 29.4 Å². The van der Waals surface area contributed by atoms with E-state index in [1.54, 1.807) is 20.8 Å². The predicted molar refractivity (Wildman–Crippen MR) is 138 cm³/mol. The number of piperazine rings is 1. The fourth-order valence-electron chi connectivity index (χ4n) is 4.54. The van der Waals surface area contributed by atoms with Crippen LogP contribution in [0.15, 0.2) is 29.1 Å². The second-order valence-corrected chi connectivity index (χ2v) is 10.9. The van der Waals surface area contributed by atoms with Crippen LogP contribution in [0.5, 0.6) is 0 Å². The largest absolute Gasteiger partial charge is 0.444 e. The fourth-order valence-corrected chi connectivity index (χ4v) is 4.54. The Labute approximate surface area is 220 Å². The van der Waals surface area contributed by atoms with Gasteiger partial charge in [-0.2, -0.15) is 17.8 Å². The summed E-state index contributed by atoms with van der Waals surface area (Å²) in [4.78, 5) is 35.0. The van der Waals surface area contributed by atoms with Gasteiger partial charge in [-0.25, -0.2) is 9.78 Å². The molecule has 0 unspecified atom stereocenters. The molecule has 12 heteroatoms. The van der Waals surface area contributed by atoms with Crippen molar-refractivity contribution in [3.8, 4) is 0 Å². The lowest BCUT2D eigenvalue weighted by Crippen LogP contribution is -2.55. The molecule has 1 aromatic carbocycles. The molecule has 4 rings (SSSR count). The van der Waals surface area contributed by atoms with Crippen LogP contribution in [0, 0.1) is 0 Å². The van der Waals surface area contributed by atoms with Gasteiger partial charge in [0.25, 0.3) is 5.56 Å². The van der Waals surface area contributed by atoms with Crippen LogP contribution in [0.1, 0.15) is 56.1 Å². The Morgan fingerprint density at radius 3 is 2.26 bits per heavy atom. The van der Waals surface area contributed by atoms with Crippen molar-refractivity contribution in [1.29, 1.82) is 0 Å². The number of carbonyl (C=O) groups excluding carboxylic acids is 1. The number of benzene rings is 1. The summed E-state index contributed by atoms with van der Waals surface area (Å²) in [5.41, 5.74) is 0.0268. The zero-order valence-corrected chi connectivity index (χ0v) is 22.4. The number of anilines is 1. The maximum Gasteiger partial charge on any atom is 0.416 e. The number of carbonyl (C=O) groups is 1. The van der Waals surface area contributed by atoms with Crippen LogP contribution in [0.25, 0.3) is 0 Å². The molecular weight excluding hydrogens is 501 g/mol. The van der Waals surface area contributed by atoms with Gasteiger partial charge in [0.1, 0.15) is 5.60 Å². The van der Waals surface area contributed by atoms with E-state index in [0.29, 0.717) is 48.8 Å². The van der Waals surface area contributed by atoms with E-state index in [1.807, 2.05) is 19.0 Å². The first-order valence-electron chi connectivity index (χ1n) is 12.7. The molecule has 38 heavy (non-hydrogen) atoms. The fraction of sp³-hybridized carbons (Fsp3) is 0.577. The van der Waals surface area contributed by atoms with Crippen molar-refractivity contribution in [2.45, 2.75) is 58.5 Å². The van der Waals surface area contributed by atoms with E-state index in [1.165, 1.54) is 21.7 Å². The molecule has 0 spiro atoms. The van der Waals surface area contributed by atoms with Gasteiger partial charge >= 0.3 is 12.3 Å². The highest BCUT2D eigenvalue weighted by molar-refractivity contribution is 5.68. The molecule has 0 bridgehead atoms. The zero-order chi connectivity index (χ0) is 27.8. The Kier molecular flexibility index (Phi) is 7.64. The molecule has 0 radical (unpaired) electrons. The first kappa shape index (κ1) is 27.7. The SMILES string of the molecule is C[C@H](Nc1nc2c(c(=O)n1N1CCN(C)CC1)CN(C(=O)OC(C)(C)C)CC2)c1ccc(C(F)(F)F)cc1. The van der Waals surface area contributed by atoms with E-state index >= 15 is 0 Å². The number of aromatic nitrogens is 2. The van der Waals surface area contributed by atoms with Crippen LogP contribution in [0.4, 0.5) is 23.9 Å². The van der Waals surface area contributed by atoms with Crippen molar-refractivity contribution < 1.29 is 22.7 Å². The van der Waals surface area contributed by atoms with Crippen molar-refractivity contribution in [3.63, 3.8) is 0 Å². The lowest BCUT2D eigenvalue weighted by molar-refractivity contribution is -0.137. The summed E-state index contributed by atoms with van der Waals surface area (Å²) < 4.78 is 46.1. The van der Waals surface area contributed by atoms with Crippen molar-refractivity contribution >= 4 is 12.0 Å². The molecule has 1 aromatic heterocycles. The van der Waals surface area contributed by atoms with Gasteiger partial charge in [-0.1, -0.05) is 12.1 Å². The number of hydrogen-bond donors (Lipinski definition) is 1. The molecule has 2 aliphatic heterocycles. The monoisotopic (exact) mass is 536 g/mol. The number of halogens is 3. The lowest BCUT2D eigenvalue weighted by Gasteiger charge is -2.37. The number of fused-ring (bicyclic) bond motifs is 1. The van der Waals surface area contributed by atoms with Gasteiger partial charge in [0.15, 0.2) is 0 Å². The Morgan fingerprint density at radius 2 is 1.68 bits per heavy atom. The normalized spacial score (nSPS) is 17.7. The Hall–Kier alpha value is -3.28. The number of nitrogens with zero attached hydrogens (tertiary/aromatic N) is 5. The molecule has 0 saturated carbocycles. The van der Waals surface area contributed by atoms with Gasteiger partial charge in [0, 0.05) is 39.1 Å². The quantitative estimate of drug-likeness (QED) is 0.639. The van der Waals surface area contributed by atoms with Crippen LogP contribution in [-0.2, 0) is 23.9 Å². The molecule has 208 valence electrons. The van der Waals surface area contributed by atoms with Crippen molar-refractivity contribution in [1.82, 2.24) is 19.5 Å². The number of ether oxygens (including phenoxy) is 1. The van der Waals surface area contributed by atoms with Crippen LogP contribution in [0.2, 0.25) is 0 Å². The van der Waals surface area contributed by atoms with E-state index in [4.69, 9.17) is 9.72 Å². The van der Waals surface area contributed by atoms with E-state index in [-0.39, 0.29) is 12.1 Å². The number of nitrogens with one attached hydrogen (secondary N) is 1. The highest BCUT2D eigenvalue weighted by Crippen LogP contribution is 2.30. The third-order valence-electron chi connectivity index (χ3n) is 6.71. The molecular formula is C26H35F3N6O3. The van der Waals surface area contributed by atoms with E-state index in [0.717, 1.165) is 25.2 Å². The topological polar surface area (TPSA) is 82.9 Å². The molecule has 1 fully saturated rings. The van der Waals surface area contributed by atoms with Gasteiger partial charge in [-0.05, 0) is 52.4 Å². The smallest absolute Gasteiger partial charge is 0.416 e. The van der Waals surface area contributed by atoms with Crippen LogP contribution in [0.3, 0.4) is 0 Å². The van der Waals surface area contributed by atoms with Crippen molar-refractivity contribution in [2.75, 3.05) is 50.1 Å². The minimum atomic E-state index is -4.41. The van der Waals surface area contributed by atoms with Crippen LogP contribution < -0.4 is 15.9 Å². The summed E-state index contributed by atoms with van der Waals surface area (Å²) in [6.07, 6.45) is -4.51. The van der Waals surface area contributed by atoms with Crippen LogP contribution in [-0.4, -0.2) is 70.9 Å². The van der Waals surface area contributed by atoms with Crippen molar-refractivity contribution in [2.24, 2.45) is 0 Å². The molecule has 0 aliphatic carbocycles. The van der Waals surface area contributed by atoms with Gasteiger partial charge in [-0.3, -0.25) is 4.79 Å². The highest BCUT2D eigenvalue weighted by Gasteiger charge is 2.32. The van der Waals surface area contributed by atoms with Gasteiger partial charge in [0.2, 0.25) is 5.95 Å². The minimum Gasteiger partial charge on any atom is -0.444 e. The second-order valence-electron chi connectivity index (χ2n) is 10.9. The second kappa shape index (κ2) is 10.5. The molecule has 9 nitrogen and oxygen atoms in total. The predicted octanol–water partition coefficient (Wildman–Crippen LogP) is 3.61. The number of hydrogen-bond acceptors (Lipinski definition) is 7. The Bertz CT molecular complexity index is 1210. The third kappa shape index (κ3) is 6.23. The van der Waals surface area contributed by atoms with E-state index in [9.17, 15) is 22.8 Å². The molecule has 1 amide bonds. The summed E-state index contributed by atoms with van der Waals surface area (Å²) >= 11 is 0. The number of rotatable bonds is 4. The Morgan fingerprint density at radius 1 is 1.05 bits per heavy atom. The number of likely N-dealkylation sites (N-methyl/N-ethyl adjacent to an activating group) is 1. The lowest BCUT2D eigenvalue weighted by atomic mass is 10.1. The van der Waals surface area contributed by atoms with Gasteiger partial charge < -0.3 is 24.9 Å². The van der Waals surface area contributed by atoms with E-state index < -0.39 is 29.5 Å². The van der Waals surface area contributed by atoms with Crippen LogP contribution >= 0.6 is 0 Å². The minimum absolute atomic E-state index is 0.0958. The number of amides is 1. The number of alkyl halides is 3. The summed E-state index contributed by atoms with van der Waals surface area (Å²) in [7, 11) is 2.01. The van der Waals surface area contributed by atoms with Crippen molar-refractivity contribution in [3.05, 3.63) is 57.0 Å². The molecule has 2 aromatic rings. The average molecular weight is 537 g/mol. The molecule has 3 heterocycles. The molecule has 1 atom stereocenters. The molecule has 1 saturated heterocycles. The Balaban J connectivity index is 1.66. The summed E-state index contributed by atoms with van der Waals surface area (Å²) in [5, 5.41) is 5.18. The third-order valence-corrected chi connectivity index (χ3v) is 6.71. The summed E-state index contributed by atoms with van der Waals surface area (Å²) in [5.74, 6) is 0.330. The maximum absolute atomic E-state index is 13.9. The average Bonchev–Trinajstić information content (AvgIpc) is 2.83.